The lowest BCUT2D eigenvalue weighted by Gasteiger charge is -2.21. The predicted octanol–water partition coefficient (Wildman–Crippen LogP) is 2.18. The van der Waals surface area contributed by atoms with E-state index in [0.29, 0.717) is 18.3 Å². The Morgan fingerprint density at radius 3 is 3.04 bits per heavy atom. The zero-order chi connectivity index (χ0) is 17.1. The number of hydrogen-bond donors (Lipinski definition) is 1. The van der Waals surface area contributed by atoms with E-state index < -0.39 is 0 Å². The summed E-state index contributed by atoms with van der Waals surface area (Å²) in [5, 5.41) is 11.2. The molecule has 8 heteroatoms. The molecule has 1 atom stereocenters. The van der Waals surface area contributed by atoms with Crippen LogP contribution in [0.25, 0.3) is 0 Å². The quantitative estimate of drug-likeness (QED) is 0.872. The van der Waals surface area contributed by atoms with E-state index in [1.54, 1.807) is 10.9 Å². The van der Waals surface area contributed by atoms with E-state index in [1.165, 1.54) is 0 Å². The maximum absolute atomic E-state index is 12.4. The lowest BCUT2D eigenvalue weighted by atomic mass is 10.2. The van der Waals surface area contributed by atoms with Crippen LogP contribution in [-0.4, -0.2) is 43.8 Å². The first-order chi connectivity index (χ1) is 11.6. The summed E-state index contributed by atoms with van der Waals surface area (Å²) < 4.78 is 7.00. The third-order valence-corrected chi connectivity index (χ3v) is 4.22. The molecule has 2 aromatic rings. The minimum atomic E-state index is -0.0523. The van der Waals surface area contributed by atoms with Gasteiger partial charge in [0, 0.05) is 18.5 Å². The molecule has 0 aromatic carbocycles. The van der Waals surface area contributed by atoms with E-state index in [4.69, 9.17) is 4.52 Å². The number of hydrogen-bond acceptors (Lipinski definition) is 6. The molecule has 130 valence electrons. The minimum absolute atomic E-state index is 0.0507. The number of nitrogens with one attached hydrogen (secondary N) is 1. The smallest absolute Gasteiger partial charge is 0.239 e. The van der Waals surface area contributed by atoms with Crippen molar-refractivity contribution in [2.24, 2.45) is 0 Å². The summed E-state index contributed by atoms with van der Waals surface area (Å²) in [4.78, 5) is 18.9. The van der Waals surface area contributed by atoms with Crippen LogP contribution in [0, 0.1) is 0 Å². The standard InChI is InChI=1S/C16H24N6O2/c1-4-15-19-16(20-24-15)12-6-5-9-21(12)10-14(23)18-13-7-8-17-22(13)11(2)3/h7-8,11-12H,4-6,9-10H2,1-3H3,(H,18,23). The second kappa shape index (κ2) is 7.12. The molecule has 3 rings (SSSR count). The van der Waals surface area contributed by atoms with Crippen LogP contribution in [-0.2, 0) is 11.2 Å². The van der Waals surface area contributed by atoms with Gasteiger partial charge in [0.25, 0.3) is 0 Å². The van der Waals surface area contributed by atoms with Crippen molar-refractivity contribution in [2.45, 2.75) is 52.1 Å². The Hall–Kier alpha value is -2.22. The summed E-state index contributed by atoms with van der Waals surface area (Å²) in [6.07, 6.45) is 4.39. The van der Waals surface area contributed by atoms with Crippen LogP contribution in [0.15, 0.2) is 16.8 Å². The molecular weight excluding hydrogens is 308 g/mol. The highest BCUT2D eigenvalue weighted by Gasteiger charge is 2.31. The average Bonchev–Trinajstić information content (AvgIpc) is 3.26. The van der Waals surface area contributed by atoms with Gasteiger partial charge in [0.2, 0.25) is 11.8 Å². The largest absolute Gasteiger partial charge is 0.339 e. The lowest BCUT2D eigenvalue weighted by Crippen LogP contribution is -2.33. The maximum Gasteiger partial charge on any atom is 0.239 e. The van der Waals surface area contributed by atoms with E-state index in [2.05, 4.69) is 25.5 Å². The Morgan fingerprint density at radius 2 is 2.33 bits per heavy atom. The summed E-state index contributed by atoms with van der Waals surface area (Å²) in [6, 6.07) is 2.06. The molecule has 0 spiro atoms. The van der Waals surface area contributed by atoms with Gasteiger partial charge in [0.1, 0.15) is 5.82 Å². The zero-order valence-corrected chi connectivity index (χ0v) is 14.4. The Labute approximate surface area is 141 Å². The second-order valence-corrected chi connectivity index (χ2v) is 6.33. The number of carbonyl (C=O) groups excluding carboxylic acids is 1. The summed E-state index contributed by atoms with van der Waals surface area (Å²) in [6.45, 7) is 7.21. The number of amides is 1. The molecule has 1 aliphatic heterocycles. The predicted molar refractivity (Wildman–Crippen MR) is 88.5 cm³/mol. The summed E-state index contributed by atoms with van der Waals surface area (Å²) in [7, 11) is 0. The fraction of sp³-hybridized carbons (Fsp3) is 0.625. The average molecular weight is 332 g/mol. The molecule has 24 heavy (non-hydrogen) atoms. The van der Waals surface area contributed by atoms with Crippen LogP contribution in [0.3, 0.4) is 0 Å². The van der Waals surface area contributed by atoms with Gasteiger partial charge in [0.05, 0.1) is 18.8 Å². The Bertz CT molecular complexity index is 692. The second-order valence-electron chi connectivity index (χ2n) is 6.33. The van der Waals surface area contributed by atoms with E-state index >= 15 is 0 Å². The van der Waals surface area contributed by atoms with Gasteiger partial charge in [0.15, 0.2) is 5.82 Å². The number of carbonyl (C=O) groups is 1. The number of aryl methyl sites for hydroxylation is 1. The number of rotatable bonds is 6. The fourth-order valence-corrected chi connectivity index (χ4v) is 3.05. The highest BCUT2D eigenvalue weighted by atomic mass is 16.5. The molecular formula is C16H24N6O2. The van der Waals surface area contributed by atoms with Crippen LogP contribution in [0.2, 0.25) is 0 Å². The molecule has 1 unspecified atom stereocenters. The highest BCUT2D eigenvalue weighted by Crippen LogP contribution is 2.29. The molecule has 0 radical (unpaired) electrons. The number of aromatic nitrogens is 4. The third kappa shape index (κ3) is 3.48. The maximum atomic E-state index is 12.4. The highest BCUT2D eigenvalue weighted by molar-refractivity contribution is 5.91. The lowest BCUT2D eigenvalue weighted by molar-refractivity contribution is -0.117. The summed E-state index contributed by atoms with van der Waals surface area (Å²) in [5.41, 5.74) is 0. The molecule has 1 saturated heterocycles. The van der Waals surface area contributed by atoms with Gasteiger partial charge >= 0.3 is 0 Å². The number of anilines is 1. The van der Waals surface area contributed by atoms with E-state index in [9.17, 15) is 4.79 Å². The SMILES string of the molecule is CCc1nc(C2CCCN2CC(=O)Nc2ccnn2C(C)C)no1. The first-order valence-electron chi connectivity index (χ1n) is 8.48. The summed E-state index contributed by atoms with van der Waals surface area (Å²) >= 11 is 0. The Kier molecular flexibility index (Phi) is 4.94. The monoisotopic (exact) mass is 332 g/mol. The van der Waals surface area contributed by atoms with Gasteiger partial charge in [-0.2, -0.15) is 10.1 Å². The first-order valence-corrected chi connectivity index (χ1v) is 8.48. The molecule has 0 saturated carbocycles. The van der Waals surface area contributed by atoms with Crippen molar-refractivity contribution in [2.75, 3.05) is 18.4 Å². The van der Waals surface area contributed by atoms with Crippen molar-refractivity contribution in [1.29, 1.82) is 0 Å². The van der Waals surface area contributed by atoms with Crippen LogP contribution < -0.4 is 5.32 Å². The van der Waals surface area contributed by atoms with Gasteiger partial charge in [-0.25, -0.2) is 4.68 Å². The van der Waals surface area contributed by atoms with Crippen molar-refractivity contribution < 1.29 is 9.32 Å². The van der Waals surface area contributed by atoms with E-state index in [0.717, 1.165) is 31.6 Å². The normalized spacial score (nSPS) is 18.4. The van der Waals surface area contributed by atoms with Crippen LogP contribution >= 0.6 is 0 Å². The molecule has 0 aliphatic carbocycles. The molecule has 1 fully saturated rings. The van der Waals surface area contributed by atoms with Gasteiger partial charge < -0.3 is 9.84 Å². The van der Waals surface area contributed by atoms with Crippen molar-refractivity contribution in [3.8, 4) is 0 Å². The molecule has 2 aromatic heterocycles. The Morgan fingerprint density at radius 1 is 1.50 bits per heavy atom. The molecule has 8 nitrogen and oxygen atoms in total. The zero-order valence-electron chi connectivity index (χ0n) is 14.4. The molecule has 3 heterocycles. The van der Waals surface area contributed by atoms with Crippen LogP contribution in [0.4, 0.5) is 5.82 Å². The molecule has 0 bridgehead atoms. The summed E-state index contributed by atoms with van der Waals surface area (Å²) in [5.74, 6) is 1.99. The van der Waals surface area contributed by atoms with Crippen molar-refractivity contribution in [1.82, 2.24) is 24.8 Å². The number of likely N-dealkylation sites (tertiary alicyclic amines) is 1. The minimum Gasteiger partial charge on any atom is -0.339 e. The molecule has 1 amide bonds. The molecule has 1 aliphatic rings. The first kappa shape index (κ1) is 16.6. The molecule has 1 N–H and O–H groups in total. The van der Waals surface area contributed by atoms with Crippen molar-refractivity contribution >= 4 is 11.7 Å². The Balaban J connectivity index is 1.63. The van der Waals surface area contributed by atoms with Crippen LogP contribution in [0.1, 0.15) is 57.4 Å². The van der Waals surface area contributed by atoms with Gasteiger partial charge in [-0.3, -0.25) is 9.69 Å². The van der Waals surface area contributed by atoms with Crippen molar-refractivity contribution in [3.05, 3.63) is 24.0 Å². The number of nitrogens with zero attached hydrogens (tertiary/aromatic N) is 5. The van der Waals surface area contributed by atoms with Gasteiger partial charge in [-0.05, 0) is 33.2 Å². The van der Waals surface area contributed by atoms with E-state index in [-0.39, 0.29) is 18.0 Å². The van der Waals surface area contributed by atoms with Crippen molar-refractivity contribution in [3.63, 3.8) is 0 Å². The topological polar surface area (TPSA) is 89.1 Å². The van der Waals surface area contributed by atoms with Gasteiger partial charge in [-0.15, -0.1) is 0 Å². The van der Waals surface area contributed by atoms with Gasteiger partial charge in [-0.1, -0.05) is 12.1 Å². The van der Waals surface area contributed by atoms with Crippen LogP contribution in [0.5, 0.6) is 0 Å². The fourth-order valence-electron chi connectivity index (χ4n) is 3.05. The third-order valence-electron chi connectivity index (χ3n) is 4.22. The van der Waals surface area contributed by atoms with E-state index in [1.807, 2.05) is 26.8 Å².